The molecule has 0 aliphatic heterocycles. The number of benzene rings is 1. The standard InChI is InChI=1S/C20H26BrN3O/c1-12(2)10-23-20(25)16-11-22-19(9-15(16)13(3)4)24-18-8-6-7-17(21)14(18)5/h6-9,11-13H,10H2,1-5H3,(H,22,24)(H,23,25). The number of carbonyl (C=O) groups excluding carboxylic acids is 1. The van der Waals surface area contributed by atoms with Crippen molar-refractivity contribution in [3.63, 3.8) is 0 Å². The van der Waals surface area contributed by atoms with Crippen molar-refractivity contribution in [2.45, 2.75) is 40.5 Å². The second-order valence-electron chi connectivity index (χ2n) is 6.95. The molecule has 0 atom stereocenters. The van der Waals surface area contributed by atoms with Gasteiger partial charge in [0.1, 0.15) is 5.82 Å². The molecule has 4 nitrogen and oxygen atoms in total. The second kappa shape index (κ2) is 8.48. The molecule has 0 fully saturated rings. The zero-order valence-corrected chi connectivity index (χ0v) is 17.1. The summed E-state index contributed by atoms with van der Waals surface area (Å²) in [7, 11) is 0. The minimum Gasteiger partial charge on any atom is -0.352 e. The number of rotatable bonds is 6. The highest BCUT2D eigenvalue weighted by Crippen LogP contribution is 2.28. The van der Waals surface area contributed by atoms with E-state index in [-0.39, 0.29) is 11.8 Å². The van der Waals surface area contributed by atoms with E-state index in [0.717, 1.165) is 27.1 Å². The first-order chi connectivity index (χ1) is 11.8. The van der Waals surface area contributed by atoms with Crippen LogP contribution in [0.4, 0.5) is 11.5 Å². The summed E-state index contributed by atoms with van der Waals surface area (Å²) in [5.41, 5.74) is 3.75. The molecule has 1 aromatic heterocycles. The molecule has 0 radical (unpaired) electrons. The highest BCUT2D eigenvalue weighted by Gasteiger charge is 2.16. The van der Waals surface area contributed by atoms with E-state index >= 15 is 0 Å². The lowest BCUT2D eigenvalue weighted by atomic mass is 9.98. The average molecular weight is 404 g/mol. The van der Waals surface area contributed by atoms with Crippen LogP contribution in [-0.2, 0) is 0 Å². The van der Waals surface area contributed by atoms with Crippen molar-refractivity contribution in [2.75, 3.05) is 11.9 Å². The highest BCUT2D eigenvalue weighted by molar-refractivity contribution is 9.10. The summed E-state index contributed by atoms with van der Waals surface area (Å²) in [5, 5.41) is 6.33. The summed E-state index contributed by atoms with van der Waals surface area (Å²) in [4.78, 5) is 16.9. The molecule has 1 aromatic carbocycles. The number of halogens is 1. The lowest BCUT2D eigenvalue weighted by Gasteiger charge is -2.16. The van der Waals surface area contributed by atoms with E-state index in [1.807, 2.05) is 31.2 Å². The minimum absolute atomic E-state index is 0.0601. The van der Waals surface area contributed by atoms with E-state index in [1.54, 1.807) is 6.20 Å². The monoisotopic (exact) mass is 403 g/mol. The van der Waals surface area contributed by atoms with E-state index in [1.165, 1.54) is 0 Å². The molecule has 0 aliphatic carbocycles. The van der Waals surface area contributed by atoms with Gasteiger partial charge in [-0.15, -0.1) is 0 Å². The van der Waals surface area contributed by atoms with E-state index < -0.39 is 0 Å². The Balaban J connectivity index is 2.29. The van der Waals surface area contributed by atoms with Gasteiger partial charge in [-0.3, -0.25) is 4.79 Å². The fourth-order valence-corrected chi connectivity index (χ4v) is 2.85. The summed E-state index contributed by atoms with van der Waals surface area (Å²) in [6.45, 7) is 11.0. The van der Waals surface area contributed by atoms with Gasteiger partial charge in [-0.2, -0.15) is 0 Å². The first-order valence-electron chi connectivity index (χ1n) is 8.59. The van der Waals surface area contributed by atoms with Crippen molar-refractivity contribution >= 4 is 33.3 Å². The van der Waals surface area contributed by atoms with Crippen molar-refractivity contribution in [3.05, 3.63) is 51.6 Å². The van der Waals surface area contributed by atoms with Gasteiger partial charge in [0.05, 0.1) is 5.56 Å². The van der Waals surface area contributed by atoms with Crippen LogP contribution >= 0.6 is 15.9 Å². The third-order valence-corrected chi connectivity index (χ3v) is 4.86. The first-order valence-corrected chi connectivity index (χ1v) is 9.39. The number of hydrogen-bond donors (Lipinski definition) is 2. The van der Waals surface area contributed by atoms with Crippen molar-refractivity contribution in [3.8, 4) is 0 Å². The van der Waals surface area contributed by atoms with E-state index in [9.17, 15) is 4.79 Å². The Bertz CT molecular complexity index is 757. The summed E-state index contributed by atoms with van der Waals surface area (Å²) < 4.78 is 1.05. The average Bonchev–Trinajstić information content (AvgIpc) is 2.56. The molecule has 1 heterocycles. The number of nitrogens with one attached hydrogen (secondary N) is 2. The number of nitrogens with zero attached hydrogens (tertiary/aromatic N) is 1. The Morgan fingerprint density at radius 1 is 1.24 bits per heavy atom. The van der Waals surface area contributed by atoms with E-state index in [4.69, 9.17) is 0 Å². The van der Waals surface area contributed by atoms with Crippen LogP contribution in [0.15, 0.2) is 34.9 Å². The number of aromatic nitrogens is 1. The molecule has 25 heavy (non-hydrogen) atoms. The highest BCUT2D eigenvalue weighted by atomic mass is 79.9. The second-order valence-corrected chi connectivity index (χ2v) is 7.81. The summed E-state index contributed by atoms with van der Waals surface area (Å²) in [6, 6.07) is 7.97. The molecule has 2 aromatic rings. The van der Waals surface area contributed by atoms with Gasteiger partial charge in [0.2, 0.25) is 0 Å². The lowest BCUT2D eigenvalue weighted by Crippen LogP contribution is -2.28. The van der Waals surface area contributed by atoms with Gasteiger partial charge >= 0.3 is 0 Å². The third kappa shape index (κ3) is 5.05. The van der Waals surface area contributed by atoms with Crippen LogP contribution in [0.3, 0.4) is 0 Å². The number of anilines is 2. The van der Waals surface area contributed by atoms with Crippen LogP contribution in [0, 0.1) is 12.8 Å². The normalized spacial score (nSPS) is 11.0. The molecule has 0 aliphatic rings. The van der Waals surface area contributed by atoms with Crippen LogP contribution in [0.2, 0.25) is 0 Å². The van der Waals surface area contributed by atoms with Crippen LogP contribution < -0.4 is 10.6 Å². The Morgan fingerprint density at radius 2 is 1.96 bits per heavy atom. The summed E-state index contributed by atoms with van der Waals surface area (Å²) in [6.07, 6.45) is 1.67. The minimum atomic E-state index is -0.0601. The van der Waals surface area contributed by atoms with Crippen molar-refractivity contribution in [1.82, 2.24) is 10.3 Å². The quantitative estimate of drug-likeness (QED) is 0.677. The van der Waals surface area contributed by atoms with Crippen molar-refractivity contribution in [2.24, 2.45) is 5.92 Å². The van der Waals surface area contributed by atoms with Crippen LogP contribution in [0.25, 0.3) is 0 Å². The maximum absolute atomic E-state index is 12.5. The SMILES string of the molecule is Cc1c(Br)cccc1Nc1cc(C(C)C)c(C(=O)NCC(C)C)cn1. The van der Waals surface area contributed by atoms with E-state index in [0.29, 0.717) is 18.0 Å². The number of carbonyl (C=O) groups is 1. The predicted molar refractivity (Wildman–Crippen MR) is 108 cm³/mol. The molecule has 0 spiro atoms. The Kier molecular flexibility index (Phi) is 6.59. The molecule has 2 N–H and O–H groups in total. The van der Waals surface area contributed by atoms with Gasteiger partial charge in [0.25, 0.3) is 5.91 Å². The molecule has 2 rings (SSSR count). The van der Waals surface area contributed by atoms with E-state index in [2.05, 4.69) is 59.2 Å². The van der Waals surface area contributed by atoms with Gasteiger partial charge in [0.15, 0.2) is 0 Å². The third-order valence-electron chi connectivity index (χ3n) is 4.00. The van der Waals surface area contributed by atoms with Crippen LogP contribution in [0.5, 0.6) is 0 Å². The van der Waals surface area contributed by atoms with Crippen LogP contribution in [-0.4, -0.2) is 17.4 Å². The zero-order valence-electron chi connectivity index (χ0n) is 15.5. The summed E-state index contributed by atoms with van der Waals surface area (Å²) >= 11 is 3.54. The van der Waals surface area contributed by atoms with Gasteiger partial charge in [-0.05, 0) is 48.1 Å². The van der Waals surface area contributed by atoms with Gasteiger partial charge < -0.3 is 10.6 Å². The van der Waals surface area contributed by atoms with Crippen molar-refractivity contribution < 1.29 is 4.79 Å². The topological polar surface area (TPSA) is 54.0 Å². The fraction of sp³-hybridized carbons (Fsp3) is 0.400. The maximum atomic E-state index is 12.5. The molecule has 134 valence electrons. The zero-order chi connectivity index (χ0) is 18.6. The first kappa shape index (κ1) is 19.4. The molecular weight excluding hydrogens is 378 g/mol. The number of amides is 1. The Morgan fingerprint density at radius 3 is 2.60 bits per heavy atom. The summed E-state index contributed by atoms with van der Waals surface area (Å²) in [5.74, 6) is 1.33. The van der Waals surface area contributed by atoms with Crippen molar-refractivity contribution in [1.29, 1.82) is 0 Å². The van der Waals surface area contributed by atoms with Gasteiger partial charge in [-0.25, -0.2) is 4.98 Å². The Hall–Kier alpha value is -1.88. The maximum Gasteiger partial charge on any atom is 0.253 e. The van der Waals surface area contributed by atoms with Gasteiger partial charge in [0, 0.05) is 22.9 Å². The largest absolute Gasteiger partial charge is 0.352 e. The van der Waals surface area contributed by atoms with Gasteiger partial charge in [-0.1, -0.05) is 49.7 Å². The number of hydrogen-bond acceptors (Lipinski definition) is 3. The molecule has 0 saturated heterocycles. The smallest absolute Gasteiger partial charge is 0.253 e. The molecule has 0 bridgehead atoms. The fourth-order valence-electron chi connectivity index (χ4n) is 2.48. The molecule has 0 unspecified atom stereocenters. The molecule has 0 saturated carbocycles. The predicted octanol–water partition coefficient (Wildman–Crippen LogP) is 5.41. The molecule has 5 heteroatoms. The molecule has 1 amide bonds. The lowest BCUT2D eigenvalue weighted by molar-refractivity contribution is 0.0947. The van der Waals surface area contributed by atoms with Crippen LogP contribution in [0.1, 0.15) is 55.1 Å². The number of pyridine rings is 1. The Labute approximate surface area is 158 Å². The molecular formula is C20H26BrN3O.